The third-order valence-electron chi connectivity index (χ3n) is 2.42. The van der Waals surface area contributed by atoms with E-state index in [1.54, 1.807) is 30.3 Å². The Kier molecular flexibility index (Phi) is 3.64. The summed E-state index contributed by atoms with van der Waals surface area (Å²) in [6.45, 7) is 0.0380. The number of carbonyl (C=O) groups is 1. The van der Waals surface area contributed by atoms with Crippen LogP contribution in [0.5, 0.6) is 5.75 Å². The molecule has 0 saturated heterocycles. The maximum absolute atomic E-state index is 10.8. The first-order valence-corrected chi connectivity index (χ1v) is 5.33. The van der Waals surface area contributed by atoms with Crippen LogP contribution in [0.15, 0.2) is 41.0 Å². The predicted octanol–water partition coefficient (Wildman–Crippen LogP) is 2.05. The first-order chi connectivity index (χ1) is 8.70. The van der Waals surface area contributed by atoms with Gasteiger partial charge in [0.15, 0.2) is 0 Å². The molecule has 0 spiro atoms. The van der Waals surface area contributed by atoms with Crippen LogP contribution in [-0.4, -0.2) is 16.2 Å². The van der Waals surface area contributed by atoms with Crippen molar-refractivity contribution in [2.45, 2.75) is 13.2 Å². The van der Waals surface area contributed by atoms with Gasteiger partial charge in [-0.15, -0.1) is 0 Å². The molecule has 1 aromatic heterocycles. The monoisotopic (exact) mass is 248 g/mol. The van der Waals surface area contributed by atoms with Crippen molar-refractivity contribution >= 4 is 5.97 Å². The van der Waals surface area contributed by atoms with Gasteiger partial charge in [0.25, 0.3) is 0 Å². The van der Waals surface area contributed by atoms with Crippen molar-refractivity contribution in [3.05, 3.63) is 53.5 Å². The van der Waals surface area contributed by atoms with E-state index in [2.05, 4.69) is 0 Å². The van der Waals surface area contributed by atoms with Crippen LogP contribution < -0.4 is 4.74 Å². The summed E-state index contributed by atoms with van der Waals surface area (Å²) in [7, 11) is 0. The SMILES string of the molecule is O=C(O)c1occc1COc1cccc(CO)c1. The summed E-state index contributed by atoms with van der Waals surface area (Å²) >= 11 is 0. The van der Waals surface area contributed by atoms with Crippen LogP contribution in [0.25, 0.3) is 0 Å². The highest BCUT2D eigenvalue weighted by atomic mass is 16.5. The lowest BCUT2D eigenvalue weighted by Crippen LogP contribution is -2.02. The zero-order chi connectivity index (χ0) is 13.0. The molecule has 5 heteroatoms. The second kappa shape index (κ2) is 5.37. The topological polar surface area (TPSA) is 79.9 Å². The van der Waals surface area contributed by atoms with Crippen LogP contribution in [-0.2, 0) is 13.2 Å². The molecular weight excluding hydrogens is 236 g/mol. The van der Waals surface area contributed by atoms with Crippen molar-refractivity contribution in [1.29, 1.82) is 0 Å². The van der Waals surface area contributed by atoms with Gasteiger partial charge in [0.2, 0.25) is 5.76 Å². The number of aliphatic hydroxyl groups is 1. The van der Waals surface area contributed by atoms with Gasteiger partial charge in [-0.25, -0.2) is 4.79 Å². The number of ether oxygens (including phenoxy) is 1. The van der Waals surface area contributed by atoms with Gasteiger partial charge in [-0.2, -0.15) is 0 Å². The molecule has 0 aliphatic carbocycles. The van der Waals surface area contributed by atoms with Crippen molar-refractivity contribution in [2.75, 3.05) is 0 Å². The Hall–Kier alpha value is -2.27. The minimum Gasteiger partial charge on any atom is -0.489 e. The van der Waals surface area contributed by atoms with Crippen molar-refractivity contribution in [1.82, 2.24) is 0 Å². The second-order valence-corrected chi connectivity index (χ2v) is 3.67. The van der Waals surface area contributed by atoms with E-state index in [0.29, 0.717) is 11.3 Å². The molecule has 0 radical (unpaired) electrons. The first kappa shape index (κ1) is 12.2. The molecule has 1 aromatic carbocycles. The van der Waals surface area contributed by atoms with Gasteiger partial charge in [0, 0.05) is 5.56 Å². The Balaban J connectivity index is 2.06. The predicted molar refractivity (Wildman–Crippen MR) is 62.4 cm³/mol. The Morgan fingerprint density at radius 2 is 2.17 bits per heavy atom. The quantitative estimate of drug-likeness (QED) is 0.846. The molecule has 0 fully saturated rings. The maximum Gasteiger partial charge on any atom is 0.372 e. The molecule has 0 bridgehead atoms. The number of benzene rings is 1. The summed E-state index contributed by atoms with van der Waals surface area (Å²) in [5, 5.41) is 17.8. The highest BCUT2D eigenvalue weighted by Crippen LogP contribution is 2.17. The zero-order valence-corrected chi connectivity index (χ0v) is 9.50. The number of hydrogen-bond acceptors (Lipinski definition) is 4. The van der Waals surface area contributed by atoms with Gasteiger partial charge >= 0.3 is 5.97 Å². The van der Waals surface area contributed by atoms with Gasteiger partial charge in [0.1, 0.15) is 12.4 Å². The Morgan fingerprint density at radius 1 is 1.33 bits per heavy atom. The number of rotatable bonds is 5. The maximum atomic E-state index is 10.8. The van der Waals surface area contributed by atoms with Crippen molar-refractivity contribution in [2.24, 2.45) is 0 Å². The zero-order valence-electron chi connectivity index (χ0n) is 9.50. The fourth-order valence-corrected chi connectivity index (χ4v) is 1.53. The van der Waals surface area contributed by atoms with Gasteiger partial charge < -0.3 is 19.4 Å². The van der Waals surface area contributed by atoms with E-state index in [9.17, 15) is 4.79 Å². The molecule has 0 aliphatic heterocycles. The largest absolute Gasteiger partial charge is 0.489 e. The standard InChI is InChI=1S/C13H12O5/c14-7-9-2-1-3-11(6-9)18-8-10-4-5-17-12(10)13(15)16/h1-6,14H,7-8H2,(H,15,16). The van der Waals surface area contributed by atoms with E-state index in [0.717, 1.165) is 5.56 Å². The van der Waals surface area contributed by atoms with Crippen LogP contribution in [0, 0.1) is 0 Å². The molecular formula is C13H12O5. The van der Waals surface area contributed by atoms with E-state index in [4.69, 9.17) is 19.4 Å². The average molecular weight is 248 g/mol. The molecule has 2 rings (SSSR count). The molecule has 0 amide bonds. The van der Waals surface area contributed by atoms with Crippen molar-refractivity contribution < 1.29 is 24.2 Å². The number of aromatic carboxylic acids is 1. The van der Waals surface area contributed by atoms with Gasteiger partial charge in [-0.05, 0) is 23.8 Å². The smallest absolute Gasteiger partial charge is 0.372 e. The first-order valence-electron chi connectivity index (χ1n) is 5.33. The van der Waals surface area contributed by atoms with Crippen LogP contribution in [0.4, 0.5) is 0 Å². The van der Waals surface area contributed by atoms with E-state index < -0.39 is 5.97 Å². The van der Waals surface area contributed by atoms with Crippen LogP contribution >= 0.6 is 0 Å². The lowest BCUT2D eigenvalue weighted by atomic mass is 10.2. The molecule has 2 aromatic rings. The number of carboxylic acids is 1. The molecule has 94 valence electrons. The summed E-state index contributed by atoms with van der Waals surface area (Å²) in [6.07, 6.45) is 1.31. The minimum atomic E-state index is -1.12. The minimum absolute atomic E-state index is 0.0662. The second-order valence-electron chi connectivity index (χ2n) is 3.67. The fraction of sp³-hybridized carbons (Fsp3) is 0.154. The molecule has 1 heterocycles. The highest BCUT2D eigenvalue weighted by molar-refractivity contribution is 5.86. The molecule has 5 nitrogen and oxygen atoms in total. The van der Waals surface area contributed by atoms with E-state index in [1.807, 2.05) is 0 Å². The summed E-state index contributed by atoms with van der Waals surface area (Å²) in [6, 6.07) is 8.52. The number of aliphatic hydroxyl groups excluding tert-OH is 1. The molecule has 0 aliphatic rings. The number of furan rings is 1. The Labute approximate surface area is 103 Å². The Morgan fingerprint density at radius 3 is 2.89 bits per heavy atom. The van der Waals surface area contributed by atoms with E-state index >= 15 is 0 Å². The Bertz CT molecular complexity index is 544. The highest BCUT2D eigenvalue weighted by Gasteiger charge is 2.14. The average Bonchev–Trinajstić information content (AvgIpc) is 2.85. The van der Waals surface area contributed by atoms with Crippen molar-refractivity contribution in [3.63, 3.8) is 0 Å². The van der Waals surface area contributed by atoms with Gasteiger partial charge in [0.05, 0.1) is 12.9 Å². The number of carboxylic acid groups (broad SMARTS) is 1. The van der Waals surface area contributed by atoms with Crippen LogP contribution in [0.1, 0.15) is 21.7 Å². The summed E-state index contributed by atoms with van der Waals surface area (Å²) in [5.74, 6) is -0.671. The number of hydrogen-bond donors (Lipinski definition) is 2. The van der Waals surface area contributed by atoms with Crippen LogP contribution in [0.2, 0.25) is 0 Å². The van der Waals surface area contributed by atoms with E-state index in [1.165, 1.54) is 6.26 Å². The van der Waals surface area contributed by atoms with E-state index in [-0.39, 0.29) is 19.0 Å². The summed E-state index contributed by atoms with van der Waals surface area (Å²) in [5.41, 5.74) is 1.20. The molecule has 0 unspecified atom stereocenters. The summed E-state index contributed by atoms with van der Waals surface area (Å²) in [4.78, 5) is 10.8. The normalized spacial score (nSPS) is 10.3. The van der Waals surface area contributed by atoms with Crippen LogP contribution in [0.3, 0.4) is 0 Å². The third kappa shape index (κ3) is 2.70. The molecule has 2 N–H and O–H groups in total. The fourth-order valence-electron chi connectivity index (χ4n) is 1.53. The lowest BCUT2D eigenvalue weighted by Gasteiger charge is -2.06. The van der Waals surface area contributed by atoms with Crippen molar-refractivity contribution in [3.8, 4) is 5.75 Å². The molecule has 0 saturated carbocycles. The third-order valence-corrected chi connectivity index (χ3v) is 2.42. The van der Waals surface area contributed by atoms with Gasteiger partial charge in [-0.3, -0.25) is 0 Å². The molecule has 0 atom stereocenters. The lowest BCUT2D eigenvalue weighted by molar-refractivity contribution is 0.0658. The van der Waals surface area contributed by atoms with Gasteiger partial charge in [-0.1, -0.05) is 12.1 Å². The summed E-state index contributed by atoms with van der Waals surface area (Å²) < 4.78 is 10.3. The molecule has 18 heavy (non-hydrogen) atoms.